The largest absolute Gasteiger partial charge is 0.361 e. The molecule has 2 N–H and O–H groups in total. The average molecular weight is 426 g/mol. The monoisotopic (exact) mass is 425 g/mol. The number of hydrogen-bond donors (Lipinski definition) is 2. The third-order valence-electron chi connectivity index (χ3n) is 5.11. The van der Waals surface area contributed by atoms with Crippen LogP contribution in [-0.2, 0) is 6.54 Å². The van der Waals surface area contributed by atoms with Crippen molar-refractivity contribution in [1.29, 1.82) is 0 Å². The molecular formula is C23H21F2N3OS. The van der Waals surface area contributed by atoms with Gasteiger partial charge in [0.05, 0.1) is 0 Å². The van der Waals surface area contributed by atoms with Gasteiger partial charge in [-0.1, -0.05) is 30.3 Å². The van der Waals surface area contributed by atoms with Gasteiger partial charge in [-0.25, -0.2) is 13.6 Å². The van der Waals surface area contributed by atoms with Gasteiger partial charge in [-0.2, -0.15) is 0 Å². The third-order valence-corrected chi connectivity index (χ3v) is 6.10. The molecule has 0 aliphatic carbocycles. The molecule has 2 heterocycles. The summed E-state index contributed by atoms with van der Waals surface area (Å²) in [4.78, 5) is 18.5. The number of aromatic amines is 1. The second-order valence-corrected chi connectivity index (χ2v) is 8.11. The first kappa shape index (κ1) is 20.1. The molecule has 4 nitrogen and oxygen atoms in total. The quantitative estimate of drug-likeness (QED) is 0.422. The Kier molecular flexibility index (Phi) is 5.81. The summed E-state index contributed by atoms with van der Waals surface area (Å²) < 4.78 is 27.0. The molecule has 0 spiro atoms. The Bertz CT molecular complexity index is 1160. The van der Waals surface area contributed by atoms with Crippen molar-refractivity contribution in [3.8, 4) is 0 Å². The Hall–Kier alpha value is -3.19. The van der Waals surface area contributed by atoms with E-state index in [1.165, 1.54) is 17.0 Å². The van der Waals surface area contributed by atoms with Gasteiger partial charge in [0.15, 0.2) is 0 Å². The van der Waals surface area contributed by atoms with Crippen LogP contribution in [0.4, 0.5) is 13.6 Å². The van der Waals surface area contributed by atoms with Crippen LogP contribution in [0.2, 0.25) is 0 Å². The number of rotatable bonds is 6. The Morgan fingerprint density at radius 1 is 1.17 bits per heavy atom. The highest BCUT2D eigenvalue weighted by atomic mass is 32.1. The number of hydrogen-bond acceptors (Lipinski definition) is 2. The second-order valence-electron chi connectivity index (χ2n) is 7.14. The molecule has 2 aromatic carbocycles. The SMILES string of the molecule is CN(Cc1ccc(F)cc1F)C(=O)NCC(c1cccs1)c1c[nH]c2ccccc12. The van der Waals surface area contributed by atoms with Gasteiger partial charge >= 0.3 is 6.03 Å². The molecule has 0 aliphatic rings. The van der Waals surface area contributed by atoms with E-state index in [2.05, 4.69) is 22.4 Å². The summed E-state index contributed by atoms with van der Waals surface area (Å²) in [6.45, 7) is 0.451. The molecule has 2 amide bonds. The number of carbonyl (C=O) groups is 1. The molecule has 2 aromatic heterocycles. The molecule has 30 heavy (non-hydrogen) atoms. The first-order valence-electron chi connectivity index (χ1n) is 9.55. The van der Waals surface area contributed by atoms with Crippen molar-refractivity contribution in [3.05, 3.63) is 93.8 Å². The summed E-state index contributed by atoms with van der Waals surface area (Å²) >= 11 is 1.64. The zero-order valence-corrected chi connectivity index (χ0v) is 17.2. The number of para-hydroxylation sites is 1. The molecule has 4 aromatic rings. The number of urea groups is 1. The van der Waals surface area contributed by atoms with E-state index < -0.39 is 11.6 Å². The fourth-order valence-electron chi connectivity index (χ4n) is 3.54. The van der Waals surface area contributed by atoms with Crippen LogP contribution in [0.25, 0.3) is 10.9 Å². The normalized spacial score (nSPS) is 12.1. The number of fused-ring (bicyclic) bond motifs is 1. The van der Waals surface area contributed by atoms with E-state index in [4.69, 9.17) is 0 Å². The molecular weight excluding hydrogens is 404 g/mol. The number of thiophene rings is 1. The van der Waals surface area contributed by atoms with E-state index in [0.717, 1.165) is 27.4 Å². The van der Waals surface area contributed by atoms with Crippen molar-refractivity contribution in [2.75, 3.05) is 13.6 Å². The predicted molar refractivity (Wildman–Crippen MR) is 116 cm³/mol. The Morgan fingerprint density at radius 3 is 2.77 bits per heavy atom. The van der Waals surface area contributed by atoms with Gasteiger partial charge in [0.1, 0.15) is 11.6 Å². The highest BCUT2D eigenvalue weighted by Crippen LogP contribution is 2.32. The lowest BCUT2D eigenvalue weighted by molar-refractivity contribution is 0.206. The van der Waals surface area contributed by atoms with Gasteiger partial charge in [-0.15, -0.1) is 11.3 Å². The molecule has 1 atom stereocenters. The lowest BCUT2D eigenvalue weighted by Crippen LogP contribution is -2.39. The maximum absolute atomic E-state index is 13.9. The minimum absolute atomic E-state index is 0.0129. The smallest absolute Gasteiger partial charge is 0.317 e. The molecule has 7 heteroatoms. The number of halogens is 2. The Morgan fingerprint density at radius 2 is 2.00 bits per heavy atom. The van der Waals surface area contributed by atoms with Crippen LogP contribution in [0, 0.1) is 11.6 Å². The zero-order valence-electron chi connectivity index (χ0n) is 16.4. The lowest BCUT2D eigenvalue weighted by Gasteiger charge is -2.21. The van der Waals surface area contributed by atoms with Crippen LogP contribution in [0.5, 0.6) is 0 Å². The summed E-state index contributed by atoms with van der Waals surface area (Å²) in [5, 5.41) is 6.09. The molecule has 0 bridgehead atoms. The average Bonchev–Trinajstić information content (AvgIpc) is 3.41. The van der Waals surface area contributed by atoms with Crippen LogP contribution in [0.15, 0.2) is 66.2 Å². The van der Waals surface area contributed by atoms with Crippen molar-refractivity contribution in [1.82, 2.24) is 15.2 Å². The maximum Gasteiger partial charge on any atom is 0.317 e. The Balaban J connectivity index is 1.49. The predicted octanol–water partition coefficient (Wildman–Crippen LogP) is 5.48. The van der Waals surface area contributed by atoms with Crippen molar-refractivity contribution in [2.24, 2.45) is 0 Å². The van der Waals surface area contributed by atoms with Crippen LogP contribution in [0.1, 0.15) is 21.9 Å². The lowest BCUT2D eigenvalue weighted by atomic mass is 9.97. The van der Waals surface area contributed by atoms with Gasteiger partial charge in [-0.3, -0.25) is 0 Å². The number of benzene rings is 2. The minimum atomic E-state index is -0.662. The number of nitrogens with zero attached hydrogens (tertiary/aromatic N) is 1. The van der Waals surface area contributed by atoms with E-state index in [1.807, 2.05) is 35.8 Å². The standard InChI is InChI=1S/C23H21F2N3OS/c1-28(14-15-8-9-16(24)11-20(15)25)23(29)27-13-19(22-7-4-10-30-22)18-12-26-21-6-3-2-5-17(18)21/h2-12,19,26H,13-14H2,1H3,(H,27,29). The van der Waals surface area contributed by atoms with E-state index in [-0.39, 0.29) is 24.1 Å². The fourth-order valence-corrected chi connectivity index (χ4v) is 4.38. The first-order valence-corrected chi connectivity index (χ1v) is 10.4. The molecule has 0 saturated carbocycles. The minimum Gasteiger partial charge on any atom is -0.361 e. The summed E-state index contributed by atoms with van der Waals surface area (Å²) in [6, 6.07) is 15.2. The molecule has 0 radical (unpaired) electrons. The van der Waals surface area contributed by atoms with Gasteiger partial charge in [0.25, 0.3) is 0 Å². The fraction of sp³-hybridized carbons (Fsp3) is 0.174. The van der Waals surface area contributed by atoms with Crippen molar-refractivity contribution in [3.63, 3.8) is 0 Å². The highest BCUT2D eigenvalue weighted by molar-refractivity contribution is 7.10. The van der Waals surface area contributed by atoms with Crippen molar-refractivity contribution >= 4 is 28.3 Å². The van der Waals surface area contributed by atoms with Crippen LogP contribution in [0.3, 0.4) is 0 Å². The molecule has 1 unspecified atom stereocenters. The summed E-state index contributed by atoms with van der Waals surface area (Å²) in [6.07, 6.45) is 1.98. The number of aromatic nitrogens is 1. The molecule has 154 valence electrons. The van der Waals surface area contributed by atoms with Gasteiger partial charge in [0, 0.05) is 59.7 Å². The number of carbonyl (C=O) groups excluding carboxylic acids is 1. The maximum atomic E-state index is 13.9. The van der Waals surface area contributed by atoms with Crippen molar-refractivity contribution in [2.45, 2.75) is 12.5 Å². The number of H-pyrrole nitrogens is 1. The number of amides is 2. The second kappa shape index (κ2) is 8.67. The zero-order chi connectivity index (χ0) is 21.1. The van der Waals surface area contributed by atoms with E-state index >= 15 is 0 Å². The van der Waals surface area contributed by atoms with Crippen LogP contribution >= 0.6 is 11.3 Å². The highest BCUT2D eigenvalue weighted by Gasteiger charge is 2.21. The van der Waals surface area contributed by atoms with Gasteiger partial charge in [0.2, 0.25) is 0 Å². The first-order chi connectivity index (χ1) is 14.5. The molecule has 0 aliphatic heterocycles. The van der Waals surface area contributed by atoms with Crippen LogP contribution < -0.4 is 5.32 Å². The Labute approximate surface area is 177 Å². The van der Waals surface area contributed by atoms with Gasteiger partial charge < -0.3 is 15.2 Å². The summed E-state index contributed by atoms with van der Waals surface area (Å²) in [7, 11) is 1.59. The summed E-state index contributed by atoms with van der Waals surface area (Å²) in [5.41, 5.74) is 2.42. The molecule has 4 rings (SSSR count). The van der Waals surface area contributed by atoms with E-state index in [9.17, 15) is 13.6 Å². The van der Waals surface area contributed by atoms with E-state index in [1.54, 1.807) is 18.4 Å². The number of nitrogens with one attached hydrogen (secondary N) is 2. The van der Waals surface area contributed by atoms with Gasteiger partial charge in [-0.05, 0) is 29.1 Å². The van der Waals surface area contributed by atoms with E-state index in [0.29, 0.717) is 6.54 Å². The van der Waals surface area contributed by atoms with Crippen LogP contribution in [-0.4, -0.2) is 29.5 Å². The van der Waals surface area contributed by atoms with Crippen molar-refractivity contribution < 1.29 is 13.6 Å². The molecule has 0 fully saturated rings. The topological polar surface area (TPSA) is 48.1 Å². The molecule has 0 saturated heterocycles. The third kappa shape index (κ3) is 4.21. The summed E-state index contributed by atoms with van der Waals surface area (Å²) in [5.74, 6) is -1.31.